The lowest BCUT2D eigenvalue weighted by Gasteiger charge is -2.24. The molecule has 2 fully saturated rings. The van der Waals surface area contributed by atoms with Gasteiger partial charge in [-0.3, -0.25) is 9.59 Å². The van der Waals surface area contributed by atoms with E-state index in [9.17, 15) is 9.59 Å². The lowest BCUT2D eigenvalue weighted by atomic mass is 9.87. The molecule has 1 aliphatic heterocycles. The number of rotatable bonds is 3. The molecule has 1 heterocycles. The molecule has 0 aromatic heterocycles. The van der Waals surface area contributed by atoms with Gasteiger partial charge in [0.25, 0.3) is 0 Å². The van der Waals surface area contributed by atoms with Gasteiger partial charge in [-0.2, -0.15) is 0 Å². The van der Waals surface area contributed by atoms with Crippen LogP contribution in [0.2, 0.25) is 0 Å². The van der Waals surface area contributed by atoms with E-state index in [1.54, 1.807) is 6.92 Å². The summed E-state index contributed by atoms with van der Waals surface area (Å²) >= 11 is 0. The average Bonchev–Trinajstić information content (AvgIpc) is 2.75. The second-order valence-electron chi connectivity index (χ2n) is 5.48. The summed E-state index contributed by atoms with van der Waals surface area (Å²) in [6.07, 6.45) is 0. The minimum Gasteiger partial charge on any atom is -0.469 e. The van der Waals surface area contributed by atoms with Gasteiger partial charge in [0.05, 0.1) is 13.0 Å². The maximum Gasteiger partial charge on any atom is 0.312 e. The number of hydrogen-bond acceptors (Lipinski definition) is 5. The molecular formula is C12H19NO4. The number of nitrogens with zero attached hydrogens (tertiary/aromatic N) is 1. The van der Waals surface area contributed by atoms with Crippen LogP contribution < -0.4 is 0 Å². The van der Waals surface area contributed by atoms with Gasteiger partial charge in [-0.25, -0.2) is 0 Å². The Hall–Kier alpha value is -0.940. The lowest BCUT2D eigenvalue weighted by Crippen LogP contribution is -2.39. The Kier molecular flexibility index (Phi) is 2.60. The van der Waals surface area contributed by atoms with Crippen molar-refractivity contribution < 1.29 is 19.1 Å². The van der Waals surface area contributed by atoms with Crippen molar-refractivity contribution in [1.82, 2.24) is 4.90 Å². The number of hydrogen-bond donors (Lipinski definition) is 0. The van der Waals surface area contributed by atoms with Gasteiger partial charge in [0.2, 0.25) is 0 Å². The smallest absolute Gasteiger partial charge is 0.312 e. The van der Waals surface area contributed by atoms with E-state index in [0.717, 1.165) is 0 Å². The molecule has 1 aliphatic carbocycles. The first kappa shape index (κ1) is 12.5. The van der Waals surface area contributed by atoms with Crippen LogP contribution in [-0.2, 0) is 19.1 Å². The number of esters is 1. The van der Waals surface area contributed by atoms with Crippen LogP contribution in [0.3, 0.4) is 0 Å². The van der Waals surface area contributed by atoms with Gasteiger partial charge in [0.1, 0.15) is 5.60 Å². The van der Waals surface area contributed by atoms with Crippen molar-refractivity contribution in [2.75, 3.05) is 27.7 Å². The summed E-state index contributed by atoms with van der Waals surface area (Å²) in [6.45, 7) is 4.14. The summed E-state index contributed by atoms with van der Waals surface area (Å²) in [4.78, 5) is 26.1. The second kappa shape index (κ2) is 3.53. The first-order valence-electron chi connectivity index (χ1n) is 5.75. The number of epoxide rings is 1. The molecule has 96 valence electrons. The number of carbonyl (C=O) groups is 2. The number of ether oxygens (including phenoxy) is 2. The summed E-state index contributed by atoms with van der Waals surface area (Å²) in [5.74, 6) is -1.16. The molecule has 0 aromatic carbocycles. The van der Waals surface area contributed by atoms with Crippen LogP contribution in [0.4, 0.5) is 0 Å². The topological polar surface area (TPSA) is 59.1 Å². The Labute approximate surface area is 101 Å². The van der Waals surface area contributed by atoms with Gasteiger partial charge in [0, 0.05) is 12.5 Å². The molecule has 5 heteroatoms. The van der Waals surface area contributed by atoms with Crippen molar-refractivity contribution in [2.24, 2.45) is 11.8 Å². The fourth-order valence-electron chi connectivity index (χ4n) is 3.04. The van der Waals surface area contributed by atoms with Crippen LogP contribution in [0, 0.1) is 11.8 Å². The molecule has 0 bridgehead atoms. The molecule has 0 amide bonds. The summed E-state index contributed by atoms with van der Waals surface area (Å²) in [6, 6.07) is 0. The SMILES string of the molecule is COC(=O)C1C(CN(C)C)C(=O)C2(C)OC12C. The predicted octanol–water partition coefficient (Wildman–Crippen LogP) is 0.0837. The van der Waals surface area contributed by atoms with E-state index < -0.39 is 17.1 Å². The van der Waals surface area contributed by atoms with Crippen LogP contribution in [-0.4, -0.2) is 55.6 Å². The van der Waals surface area contributed by atoms with Crippen LogP contribution in [0.15, 0.2) is 0 Å². The van der Waals surface area contributed by atoms with Crippen LogP contribution in [0.5, 0.6) is 0 Å². The minimum atomic E-state index is -0.799. The quantitative estimate of drug-likeness (QED) is 0.517. The third-order valence-electron chi connectivity index (χ3n) is 4.14. The fourth-order valence-corrected chi connectivity index (χ4v) is 3.04. The molecule has 0 radical (unpaired) electrons. The van der Waals surface area contributed by atoms with Crippen LogP contribution >= 0.6 is 0 Å². The van der Waals surface area contributed by atoms with E-state index in [4.69, 9.17) is 9.47 Å². The number of fused-ring (bicyclic) bond motifs is 1. The first-order chi connectivity index (χ1) is 7.78. The largest absolute Gasteiger partial charge is 0.469 e. The zero-order valence-corrected chi connectivity index (χ0v) is 10.9. The normalized spacial score (nSPS) is 43.8. The average molecular weight is 241 g/mol. The molecule has 0 N–H and O–H groups in total. The zero-order valence-electron chi connectivity index (χ0n) is 10.9. The molecule has 2 aliphatic rings. The maximum absolute atomic E-state index is 12.3. The molecule has 17 heavy (non-hydrogen) atoms. The predicted molar refractivity (Wildman–Crippen MR) is 60.5 cm³/mol. The van der Waals surface area contributed by atoms with Gasteiger partial charge in [-0.1, -0.05) is 0 Å². The van der Waals surface area contributed by atoms with Gasteiger partial charge in [-0.15, -0.1) is 0 Å². The van der Waals surface area contributed by atoms with E-state index in [0.29, 0.717) is 6.54 Å². The van der Waals surface area contributed by atoms with Gasteiger partial charge < -0.3 is 14.4 Å². The highest BCUT2D eigenvalue weighted by molar-refractivity contribution is 6.02. The van der Waals surface area contributed by atoms with Gasteiger partial charge in [-0.05, 0) is 27.9 Å². The summed E-state index contributed by atoms with van der Waals surface area (Å²) in [5, 5.41) is 0. The first-order valence-corrected chi connectivity index (χ1v) is 5.75. The second-order valence-corrected chi connectivity index (χ2v) is 5.48. The highest BCUT2D eigenvalue weighted by Crippen LogP contribution is 2.62. The standard InChI is InChI=1S/C12H19NO4/c1-11-8(10(15)16-5)7(6-13(3)4)9(14)12(11,2)17-11/h7-8H,6H2,1-5H3. The lowest BCUT2D eigenvalue weighted by molar-refractivity contribution is -0.152. The molecule has 1 saturated heterocycles. The molecule has 2 rings (SSSR count). The van der Waals surface area contributed by atoms with Crippen molar-refractivity contribution in [2.45, 2.75) is 25.0 Å². The Morgan fingerprint density at radius 1 is 1.47 bits per heavy atom. The molecule has 4 unspecified atom stereocenters. The molecular weight excluding hydrogens is 222 g/mol. The summed E-state index contributed by atoms with van der Waals surface area (Å²) in [7, 11) is 5.12. The van der Waals surface area contributed by atoms with E-state index in [-0.39, 0.29) is 17.7 Å². The minimum absolute atomic E-state index is 0.0177. The summed E-state index contributed by atoms with van der Waals surface area (Å²) < 4.78 is 10.3. The Morgan fingerprint density at radius 3 is 2.53 bits per heavy atom. The van der Waals surface area contributed by atoms with Crippen molar-refractivity contribution in [3.63, 3.8) is 0 Å². The molecule has 0 aromatic rings. The van der Waals surface area contributed by atoms with E-state index in [2.05, 4.69) is 0 Å². The van der Waals surface area contributed by atoms with Crippen molar-refractivity contribution in [3.8, 4) is 0 Å². The Morgan fingerprint density at radius 2 is 2.06 bits per heavy atom. The van der Waals surface area contributed by atoms with E-state index in [1.807, 2.05) is 25.9 Å². The van der Waals surface area contributed by atoms with Crippen molar-refractivity contribution in [1.29, 1.82) is 0 Å². The number of ketones is 1. The van der Waals surface area contributed by atoms with Crippen LogP contribution in [0.1, 0.15) is 13.8 Å². The number of methoxy groups -OCH3 is 1. The zero-order chi connectivity index (χ0) is 13.0. The Bertz CT molecular complexity index is 381. The molecule has 5 nitrogen and oxygen atoms in total. The molecule has 1 saturated carbocycles. The van der Waals surface area contributed by atoms with E-state index >= 15 is 0 Å². The molecule has 0 spiro atoms. The number of Topliss-reactive ketones (excluding diaryl/α,β-unsaturated/α-hetero) is 1. The summed E-state index contributed by atoms with van der Waals surface area (Å²) in [5.41, 5.74) is -1.48. The highest BCUT2D eigenvalue weighted by atomic mass is 16.6. The monoisotopic (exact) mass is 241 g/mol. The fraction of sp³-hybridized carbons (Fsp3) is 0.833. The van der Waals surface area contributed by atoms with E-state index in [1.165, 1.54) is 7.11 Å². The van der Waals surface area contributed by atoms with Crippen molar-refractivity contribution in [3.05, 3.63) is 0 Å². The van der Waals surface area contributed by atoms with Crippen molar-refractivity contribution >= 4 is 11.8 Å². The van der Waals surface area contributed by atoms with Gasteiger partial charge in [0.15, 0.2) is 11.4 Å². The van der Waals surface area contributed by atoms with Gasteiger partial charge >= 0.3 is 5.97 Å². The Balaban J connectivity index is 2.32. The third-order valence-corrected chi connectivity index (χ3v) is 4.14. The molecule has 4 atom stereocenters. The number of carbonyl (C=O) groups excluding carboxylic acids is 2. The highest BCUT2D eigenvalue weighted by Gasteiger charge is 2.81. The third kappa shape index (κ3) is 1.45. The van der Waals surface area contributed by atoms with Crippen LogP contribution in [0.25, 0.3) is 0 Å². The maximum atomic E-state index is 12.3.